The number of hydrogen-bond acceptors (Lipinski definition) is 3. The first-order valence-electron chi connectivity index (χ1n) is 8.31. The molecular formula is C20H15ClF2N2O3S. The molecule has 0 radical (unpaired) electrons. The molecule has 3 aromatic rings. The van der Waals surface area contributed by atoms with E-state index < -0.39 is 27.6 Å². The summed E-state index contributed by atoms with van der Waals surface area (Å²) in [5, 5.41) is 2.38. The summed E-state index contributed by atoms with van der Waals surface area (Å²) < 4.78 is 53.5. The van der Waals surface area contributed by atoms with Crippen molar-refractivity contribution in [2.24, 2.45) is 0 Å². The maximum atomic E-state index is 13.3. The van der Waals surface area contributed by atoms with Crippen LogP contribution < -0.4 is 10.0 Å². The number of anilines is 2. The molecule has 3 aromatic carbocycles. The number of sulfonamides is 1. The summed E-state index contributed by atoms with van der Waals surface area (Å²) in [6.45, 7) is 1.84. The Balaban J connectivity index is 1.78. The first kappa shape index (κ1) is 20.8. The Bertz CT molecular complexity index is 1180. The van der Waals surface area contributed by atoms with Crippen LogP contribution >= 0.6 is 11.6 Å². The van der Waals surface area contributed by atoms with Crippen LogP contribution in [0.4, 0.5) is 20.2 Å². The Morgan fingerprint density at radius 3 is 2.17 bits per heavy atom. The molecule has 9 heteroatoms. The molecule has 150 valence electrons. The summed E-state index contributed by atoms with van der Waals surface area (Å²) in [6.07, 6.45) is 0. The van der Waals surface area contributed by atoms with Crippen molar-refractivity contribution in [2.75, 3.05) is 10.0 Å². The van der Waals surface area contributed by atoms with Gasteiger partial charge >= 0.3 is 0 Å². The van der Waals surface area contributed by atoms with Gasteiger partial charge in [0.15, 0.2) is 11.6 Å². The number of halogens is 3. The van der Waals surface area contributed by atoms with E-state index in [-0.39, 0.29) is 26.9 Å². The van der Waals surface area contributed by atoms with Crippen LogP contribution in [0.1, 0.15) is 15.9 Å². The third-order valence-electron chi connectivity index (χ3n) is 3.97. The van der Waals surface area contributed by atoms with Crippen molar-refractivity contribution in [3.63, 3.8) is 0 Å². The molecule has 2 N–H and O–H groups in total. The van der Waals surface area contributed by atoms with E-state index in [0.29, 0.717) is 0 Å². The molecule has 29 heavy (non-hydrogen) atoms. The van der Waals surface area contributed by atoms with Gasteiger partial charge < -0.3 is 5.32 Å². The molecule has 0 atom stereocenters. The second kappa shape index (κ2) is 8.18. The summed E-state index contributed by atoms with van der Waals surface area (Å²) in [7, 11) is -3.82. The van der Waals surface area contributed by atoms with E-state index in [1.807, 2.05) is 6.92 Å². The highest BCUT2D eigenvalue weighted by molar-refractivity contribution is 7.92. The van der Waals surface area contributed by atoms with Crippen molar-refractivity contribution in [1.82, 2.24) is 0 Å². The first-order valence-corrected chi connectivity index (χ1v) is 10.2. The van der Waals surface area contributed by atoms with Gasteiger partial charge in [0.1, 0.15) is 0 Å². The van der Waals surface area contributed by atoms with Gasteiger partial charge in [-0.05, 0) is 49.4 Å². The van der Waals surface area contributed by atoms with Crippen molar-refractivity contribution in [3.05, 3.63) is 88.4 Å². The molecule has 0 heterocycles. The van der Waals surface area contributed by atoms with Gasteiger partial charge in [0, 0.05) is 11.8 Å². The van der Waals surface area contributed by atoms with Gasteiger partial charge in [0.25, 0.3) is 15.9 Å². The summed E-state index contributed by atoms with van der Waals surface area (Å²) in [4.78, 5) is 12.4. The molecule has 0 spiro atoms. The predicted molar refractivity (Wildman–Crippen MR) is 108 cm³/mol. The monoisotopic (exact) mass is 436 g/mol. The quantitative estimate of drug-likeness (QED) is 0.592. The minimum Gasteiger partial charge on any atom is -0.322 e. The molecule has 1 amide bonds. The van der Waals surface area contributed by atoms with Gasteiger partial charge in [0.05, 0.1) is 21.2 Å². The molecule has 0 aliphatic carbocycles. The fourth-order valence-electron chi connectivity index (χ4n) is 2.47. The highest BCUT2D eigenvalue weighted by Gasteiger charge is 2.17. The maximum Gasteiger partial charge on any atom is 0.261 e. The van der Waals surface area contributed by atoms with E-state index in [2.05, 4.69) is 10.0 Å². The van der Waals surface area contributed by atoms with Crippen LogP contribution in [-0.4, -0.2) is 14.3 Å². The minimum atomic E-state index is -3.82. The summed E-state index contributed by atoms with van der Waals surface area (Å²) in [5.74, 6) is -2.80. The van der Waals surface area contributed by atoms with Gasteiger partial charge in [-0.1, -0.05) is 29.3 Å². The van der Waals surface area contributed by atoms with Crippen molar-refractivity contribution >= 4 is 38.9 Å². The molecule has 0 bridgehead atoms. The number of carbonyl (C=O) groups excluding carboxylic acids is 1. The molecule has 0 aliphatic rings. The lowest BCUT2D eigenvalue weighted by Gasteiger charge is -2.11. The van der Waals surface area contributed by atoms with E-state index in [9.17, 15) is 22.0 Å². The summed E-state index contributed by atoms with van der Waals surface area (Å²) >= 11 is 6.11. The predicted octanol–water partition coefficient (Wildman–Crippen LogP) is 4.98. The first-order chi connectivity index (χ1) is 13.7. The van der Waals surface area contributed by atoms with Gasteiger partial charge in [-0.2, -0.15) is 0 Å². The van der Waals surface area contributed by atoms with Crippen molar-refractivity contribution in [3.8, 4) is 0 Å². The molecule has 0 aromatic heterocycles. The highest BCUT2D eigenvalue weighted by Crippen LogP contribution is 2.25. The number of nitrogens with one attached hydrogen (secondary N) is 2. The number of hydrogen-bond donors (Lipinski definition) is 2. The second-order valence-electron chi connectivity index (χ2n) is 6.20. The molecule has 0 saturated carbocycles. The Labute approximate surface area is 171 Å². The van der Waals surface area contributed by atoms with Crippen molar-refractivity contribution < 1.29 is 22.0 Å². The minimum absolute atomic E-state index is 0.0193. The zero-order valence-electron chi connectivity index (χ0n) is 15.0. The Morgan fingerprint density at radius 2 is 1.55 bits per heavy atom. The summed E-state index contributed by atoms with van der Waals surface area (Å²) in [6, 6.07) is 13.2. The number of aryl methyl sites for hydroxylation is 1. The van der Waals surface area contributed by atoms with Crippen LogP contribution in [0.2, 0.25) is 5.02 Å². The Kier molecular flexibility index (Phi) is 5.86. The topological polar surface area (TPSA) is 75.3 Å². The van der Waals surface area contributed by atoms with Gasteiger partial charge in [-0.3, -0.25) is 9.52 Å². The van der Waals surface area contributed by atoms with E-state index in [1.165, 1.54) is 36.4 Å². The molecule has 0 unspecified atom stereocenters. The number of rotatable bonds is 5. The van der Waals surface area contributed by atoms with Crippen molar-refractivity contribution in [1.29, 1.82) is 0 Å². The summed E-state index contributed by atoms with van der Waals surface area (Å²) in [5.41, 5.74) is 1.17. The largest absolute Gasteiger partial charge is 0.322 e. The van der Waals surface area contributed by atoms with Crippen LogP contribution in [0, 0.1) is 18.6 Å². The fraction of sp³-hybridized carbons (Fsp3) is 0.0500. The van der Waals surface area contributed by atoms with E-state index >= 15 is 0 Å². The van der Waals surface area contributed by atoms with E-state index in [4.69, 9.17) is 11.6 Å². The number of benzene rings is 3. The zero-order valence-corrected chi connectivity index (χ0v) is 16.6. The lowest BCUT2D eigenvalue weighted by atomic mass is 10.2. The lowest BCUT2D eigenvalue weighted by molar-refractivity contribution is 0.102. The van der Waals surface area contributed by atoms with Gasteiger partial charge in [-0.25, -0.2) is 17.2 Å². The van der Waals surface area contributed by atoms with Crippen LogP contribution in [0.15, 0.2) is 65.6 Å². The SMILES string of the molecule is Cc1ccc(S(=O)(=O)Nc2ccc(C(=O)Nc3ccc(F)c(F)c3)c(Cl)c2)cc1. The number of amides is 1. The van der Waals surface area contributed by atoms with Crippen LogP contribution in [0.5, 0.6) is 0 Å². The lowest BCUT2D eigenvalue weighted by Crippen LogP contribution is -2.15. The smallest absolute Gasteiger partial charge is 0.261 e. The molecule has 5 nitrogen and oxygen atoms in total. The normalized spacial score (nSPS) is 11.2. The molecule has 0 fully saturated rings. The average molecular weight is 437 g/mol. The van der Waals surface area contributed by atoms with Crippen LogP contribution in [-0.2, 0) is 10.0 Å². The molecule has 0 aliphatic heterocycles. The Hall–Kier alpha value is -2.97. The number of carbonyl (C=O) groups is 1. The Morgan fingerprint density at radius 1 is 0.897 bits per heavy atom. The third kappa shape index (κ3) is 4.90. The van der Waals surface area contributed by atoms with Crippen molar-refractivity contribution in [2.45, 2.75) is 11.8 Å². The fourth-order valence-corrected chi connectivity index (χ4v) is 3.78. The maximum absolute atomic E-state index is 13.3. The second-order valence-corrected chi connectivity index (χ2v) is 8.29. The standard InChI is InChI=1S/C20H15ClF2N2O3S/c1-12-2-6-15(7-3-12)29(27,28)25-14-4-8-16(17(21)10-14)20(26)24-13-5-9-18(22)19(23)11-13/h2-11,25H,1H3,(H,24,26). The zero-order chi connectivity index (χ0) is 21.2. The van der Waals surface area contributed by atoms with Crippen LogP contribution in [0.25, 0.3) is 0 Å². The highest BCUT2D eigenvalue weighted by atomic mass is 35.5. The third-order valence-corrected chi connectivity index (χ3v) is 5.68. The van der Waals surface area contributed by atoms with Gasteiger partial charge in [-0.15, -0.1) is 0 Å². The van der Waals surface area contributed by atoms with E-state index in [0.717, 1.165) is 17.7 Å². The molecular weight excluding hydrogens is 422 g/mol. The molecule has 3 rings (SSSR count). The molecule has 0 saturated heterocycles. The van der Waals surface area contributed by atoms with E-state index in [1.54, 1.807) is 12.1 Å². The average Bonchev–Trinajstić information content (AvgIpc) is 2.65. The van der Waals surface area contributed by atoms with Crippen LogP contribution in [0.3, 0.4) is 0 Å². The van der Waals surface area contributed by atoms with Gasteiger partial charge in [0.2, 0.25) is 0 Å².